The molecule has 0 saturated heterocycles. The lowest BCUT2D eigenvalue weighted by molar-refractivity contribution is 0.202. The zero-order valence-electron chi connectivity index (χ0n) is 11.4. The summed E-state index contributed by atoms with van der Waals surface area (Å²) in [6.07, 6.45) is 3.63. The van der Waals surface area contributed by atoms with Crippen LogP contribution in [0.2, 0.25) is 0 Å². The van der Waals surface area contributed by atoms with Crippen LogP contribution in [0, 0.1) is 0 Å². The number of hydrogen-bond acceptors (Lipinski definition) is 2. The van der Waals surface area contributed by atoms with Crippen LogP contribution in [0.5, 0.6) is 0 Å². The van der Waals surface area contributed by atoms with Crippen molar-refractivity contribution in [1.29, 1.82) is 0 Å². The van der Waals surface area contributed by atoms with Crippen molar-refractivity contribution in [2.75, 3.05) is 13.7 Å². The topological polar surface area (TPSA) is 22.4 Å². The number of alkyl halides is 1. The molecule has 0 aliphatic rings. The summed E-state index contributed by atoms with van der Waals surface area (Å²) in [6, 6.07) is 10.7. The molecule has 0 bridgehead atoms. The van der Waals surface area contributed by atoms with E-state index < -0.39 is 0 Å². The highest BCUT2D eigenvalue weighted by atomic mass is 79.9. The Labute approximate surface area is 122 Å². The van der Waals surface area contributed by atoms with Crippen LogP contribution >= 0.6 is 15.9 Å². The summed E-state index contributed by atoms with van der Waals surface area (Å²) in [6.45, 7) is 2.87. The predicted octanol–water partition coefficient (Wildman–Crippen LogP) is 4.52. The second kappa shape index (κ2) is 6.92. The summed E-state index contributed by atoms with van der Waals surface area (Å²) in [5.74, 6) is 1.05. The summed E-state index contributed by atoms with van der Waals surface area (Å²) < 4.78 is 10.6. The monoisotopic (exact) mass is 322 g/mol. The number of aryl methyl sites for hydroxylation is 1. The highest BCUT2D eigenvalue weighted by molar-refractivity contribution is 9.09. The van der Waals surface area contributed by atoms with E-state index in [4.69, 9.17) is 9.15 Å². The molecular weight excluding hydrogens is 304 g/mol. The fraction of sp³-hybridized carbons (Fsp3) is 0.375. The molecule has 0 radical (unpaired) electrons. The molecule has 3 heteroatoms. The molecule has 0 aliphatic carbocycles. The molecule has 1 aromatic heterocycles. The first-order chi connectivity index (χ1) is 9.26. The molecule has 0 spiro atoms. The molecule has 0 aliphatic heterocycles. The van der Waals surface area contributed by atoms with Gasteiger partial charge in [0.15, 0.2) is 0 Å². The van der Waals surface area contributed by atoms with Gasteiger partial charge in [-0.25, -0.2) is 0 Å². The first kappa shape index (κ1) is 14.4. The van der Waals surface area contributed by atoms with Gasteiger partial charge in [-0.15, -0.1) is 0 Å². The third-order valence-electron chi connectivity index (χ3n) is 3.24. The van der Waals surface area contributed by atoms with Crippen molar-refractivity contribution in [2.24, 2.45) is 0 Å². The SMILES string of the molecule is CCc1occc1C(Br)c1ccc(CCOC)cc1. The van der Waals surface area contributed by atoms with Crippen LogP contribution in [0.3, 0.4) is 0 Å². The van der Waals surface area contributed by atoms with Crippen molar-refractivity contribution in [3.8, 4) is 0 Å². The van der Waals surface area contributed by atoms with Crippen molar-refractivity contribution < 1.29 is 9.15 Å². The second-order valence-electron chi connectivity index (χ2n) is 4.50. The standard InChI is InChI=1S/C16H19BrO2/c1-3-15-14(9-11-19-15)16(17)13-6-4-12(5-7-13)8-10-18-2/h4-7,9,11,16H,3,8,10H2,1-2H3. The van der Waals surface area contributed by atoms with Crippen LogP contribution < -0.4 is 0 Å². The number of ether oxygens (including phenoxy) is 1. The van der Waals surface area contributed by atoms with Gasteiger partial charge in [0.05, 0.1) is 17.7 Å². The maximum atomic E-state index is 5.49. The predicted molar refractivity (Wildman–Crippen MR) is 80.9 cm³/mol. The lowest BCUT2D eigenvalue weighted by Crippen LogP contribution is -1.97. The summed E-state index contributed by atoms with van der Waals surface area (Å²) in [5, 5.41) is 0. The quantitative estimate of drug-likeness (QED) is 0.730. The summed E-state index contributed by atoms with van der Waals surface area (Å²) >= 11 is 3.76. The molecule has 2 nitrogen and oxygen atoms in total. The highest BCUT2D eigenvalue weighted by Gasteiger charge is 2.15. The Balaban J connectivity index is 2.13. The number of methoxy groups -OCH3 is 1. The van der Waals surface area contributed by atoms with Crippen LogP contribution in [-0.2, 0) is 17.6 Å². The lowest BCUT2D eigenvalue weighted by Gasteiger charge is -2.11. The van der Waals surface area contributed by atoms with E-state index in [2.05, 4.69) is 47.1 Å². The summed E-state index contributed by atoms with van der Waals surface area (Å²) in [4.78, 5) is 0.192. The molecule has 0 saturated carbocycles. The van der Waals surface area contributed by atoms with Gasteiger partial charge in [0.2, 0.25) is 0 Å². The van der Waals surface area contributed by atoms with Gasteiger partial charge in [0, 0.05) is 19.1 Å². The van der Waals surface area contributed by atoms with Gasteiger partial charge in [-0.2, -0.15) is 0 Å². The average Bonchev–Trinajstić information content (AvgIpc) is 2.93. The fourth-order valence-corrected chi connectivity index (χ4v) is 2.83. The Morgan fingerprint density at radius 3 is 2.58 bits per heavy atom. The van der Waals surface area contributed by atoms with Gasteiger partial charge in [-0.05, 0) is 23.6 Å². The summed E-state index contributed by atoms with van der Waals surface area (Å²) in [5.41, 5.74) is 3.76. The van der Waals surface area contributed by atoms with Crippen molar-refractivity contribution in [1.82, 2.24) is 0 Å². The fourth-order valence-electron chi connectivity index (χ4n) is 2.12. The Morgan fingerprint density at radius 2 is 1.95 bits per heavy atom. The highest BCUT2D eigenvalue weighted by Crippen LogP contribution is 2.33. The zero-order valence-corrected chi connectivity index (χ0v) is 12.9. The van der Waals surface area contributed by atoms with E-state index in [-0.39, 0.29) is 4.83 Å². The van der Waals surface area contributed by atoms with E-state index in [1.54, 1.807) is 13.4 Å². The van der Waals surface area contributed by atoms with Gasteiger partial charge < -0.3 is 9.15 Å². The number of rotatable bonds is 6. The van der Waals surface area contributed by atoms with Crippen molar-refractivity contribution in [3.05, 3.63) is 59.0 Å². The van der Waals surface area contributed by atoms with Gasteiger partial charge in [0.1, 0.15) is 5.76 Å². The molecule has 1 unspecified atom stereocenters. The van der Waals surface area contributed by atoms with E-state index in [0.29, 0.717) is 0 Å². The van der Waals surface area contributed by atoms with Crippen LogP contribution in [-0.4, -0.2) is 13.7 Å². The molecule has 0 fully saturated rings. The molecule has 19 heavy (non-hydrogen) atoms. The van der Waals surface area contributed by atoms with Crippen LogP contribution in [0.25, 0.3) is 0 Å². The number of benzene rings is 1. The lowest BCUT2D eigenvalue weighted by atomic mass is 10.0. The van der Waals surface area contributed by atoms with E-state index in [0.717, 1.165) is 25.2 Å². The Hall–Kier alpha value is -1.06. The van der Waals surface area contributed by atoms with Gasteiger partial charge in [0.25, 0.3) is 0 Å². The number of halogens is 1. The maximum Gasteiger partial charge on any atom is 0.108 e. The van der Waals surface area contributed by atoms with Crippen molar-refractivity contribution >= 4 is 15.9 Å². The minimum absolute atomic E-state index is 0.192. The van der Waals surface area contributed by atoms with Gasteiger partial charge in [-0.3, -0.25) is 0 Å². The van der Waals surface area contributed by atoms with Crippen molar-refractivity contribution in [3.63, 3.8) is 0 Å². The molecule has 1 heterocycles. The van der Waals surface area contributed by atoms with Gasteiger partial charge >= 0.3 is 0 Å². The molecule has 1 atom stereocenters. The second-order valence-corrected chi connectivity index (χ2v) is 5.42. The molecule has 0 amide bonds. The number of hydrogen-bond donors (Lipinski definition) is 0. The minimum Gasteiger partial charge on any atom is -0.469 e. The van der Waals surface area contributed by atoms with E-state index in [1.165, 1.54) is 16.7 Å². The molecule has 2 rings (SSSR count). The largest absolute Gasteiger partial charge is 0.469 e. The Kier molecular flexibility index (Phi) is 5.23. The molecule has 1 aromatic carbocycles. The van der Waals surface area contributed by atoms with Gasteiger partial charge in [-0.1, -0.05) is 47.1 Å². The van der Waals surface area contributed by atoms with E-state index in [9.17, 15) is 0 Å². The van der Waals surface area contributed by atoms with Crippen LogP contribution in [0.1, 0.15) is 34.2 Å². The first-order valence-corrected chi connectivity index (χ1v) is 7.46. The maximum absolute atomic E-state index is 5.49. The van der Waals surface area contributed by atoms with Crippen molar-refractivity contribution in [2.45, 2.75) is 24.6 Å². The van der Waals surface area contributed by atoms with E-state index in [1.807, 2.05) is 6.07 Å². The molecular formula is C16H19BrO2. The Bertz CT molecular complexity index is 502. The third kappa shape index (κ3) is 3.48. The van der Waals surface area contributed by atoms with Crippen LogP contribution in [0.15, 0.2) is 41.0 Å². The smallest absolute Gasteiger partial charge is 0.108 e. The molecule has 102 valence electrons. The normalized spacial score (nSPS) is 12.6. The number of furan rings is 1. The minimum atomic E-state index is 0.192. The molecule has 2 aromatic rings. The van der Waals surface area contributed by atoms with E-state index >= 15 is 0 Å². The Morgan fingerprint density at radius 1 is 1.21 bits per heavy atom. The average molecular weight is 323 g/mol. The first-order valence-electron chi connectivity index (χ1n) is 6.54. The zero-order chi connectivity index (χ0) is 13.7. The molecule has 0 N–H and O–H groups in total. The summed E-state index contributed by atoms with van der Waals surface area (Å²) in [7, 11) is 1.73. The third-order valence-corrected chi connectivity index (χ3v) is 4.26. The van der Waals surface area contributed by atoms with Crippen LogP contribution in [0.4, 0.5) is 0 Å².